The fourth-order valence-electron chi connectivity index (χ4n) is 1.80. The number of anilines is 1. The van der Waals surface area contributed by atoms with Gasteiger partial charge in [0.1, 0.15) is 0 Å². The van der Waals surface area contributed by atoms with E-state index in [9.17, 15) is 18.0 Å². The second-order valence-electron chi connectivity index (χ2n) is 3.97. The highest BCUT2D eigenvalue weighted by molar-refractivity contribution is 6.34. The minimum absolute atomic E-state index is 0.107. The van der Waals surface area contributed by atoms with Gasteiger partial charge in [-0.25, -0.2) is 0 Å². The SMILES string of the molecule is O=C1CC(Cl)CN1c1ccc(C(F)(F)F)cc1Cl. The van der Waals surface area contributed by atoms with Crippen molar-refractivity contribution in [1.82, 2.24) is 0 Å². The molecule has 7 heteroatoms. The number of nitrogens with zero attached hydrogens (tertiary/aromatic N) is 1. The van der Waals surface area contributed by atoms with E-state index in [0.717, 1.165) is 12.1 Å². The Labute approximate surface area is 111 Å². The maximum atomic E-state index is 12.5. The van der Waals surface area contributed by atoms with Gasteiger partial charge in [-0.15, -0.1) is 11.6 Å². The molecule has 2 rings (SSSR count). The topological polar surface area (TPSA) is 20.3 Å². The van der Waals surface area contributed by atoms with E-state index in [-0.39, 0.29) is 35.0 Å². The molecule has 0 saturated carbocycles. The Kier molecular flexibility index (Phi) is 3.47. The third-order valence-corrected chi connectivity index (χ3v) is 3.24. The van der Waals surface area contributed by atoms with Crippen molar-refractivity contribution in [2.45, 2.75) is 18.0 Å². The molecule has 1 unspecified atom stereocenters. The van der Waals surface area contributed by atoms with Crippen molar-refractivity contribution in [3.05, 3.63) is 28.8 Å². The number of carbonyl (C=O) groups excluding carboxylic acids is 1. The van der Waals surface area contributed by atoms with Gasteiger partial charge in [0.15, 0.2) is 0 Å². The van der Waals surface area contributed by atoms with E-state index in [2.05, 4.69) is 0 Å². The van der Waals surface area contributed by atoms with Crippen LogP contribution in [0.3, 0.4) is 0 Å². The van der Waals surface area contributed by atoms with Crippen molar-refractivity contribution in [3.8, 4) is 0 Å². The molecule has 1 aromatic carbocycles. The van der Waals surface area contributed by atoms with E-state index in [1.807, 2.05) is 0 Å². The number of rotatable bonds is 1. The van der Waals surface area contributed by atoms with E-state index in [1.54, 1.807) is 0 Å². The van der Waals surface area contributed by atoms with Crippen LogP contribution < -0.4 is 4.90 Å². The standard InChI is InChI=1S/C11H8Cl2F3NO/c12-7-4-10(18)17(5-7)9-2-1-6(3-8(9)13)11(14,15)16/h1-3,7H,4-5H2. The Morgan fingerprint density at radius 3 is 2.44 bits per heavy atom. The highest BCUT2D eigenvalue weighted by atomic mass is 35.5. The number of halogens is 5. The summed E-state index contributed by atoms with van der Waals surface area (Å²) in [6.45, 7) is 0.255. The molecule has 1 heterocycles. The Morgan fingerprint density at radius 1 is 1.33 bits per heavy atom. The summed E-state index contributed by atoms with van der Waals surface area (Å²) in [5.41, 5.74) is -0.580. The van der Waals surface area contributed by atoms with Crippen LogP contribution in [0.25, 0.3) is 0 Å². The third kappa shape index (κ3) is 2.57. The molecule has 1 aromatic rings. The molecule has 1 fully saturated rings. The summed E-state index contributed by atoms with van der Waals surface area (Å²) in [4.78, 5) is 12.9. The van der Waals surface area contributed by atoms with Gasteiger partial charge in [-0.3, -0.25) is 4.79 Å². The van der Waals surface area contributed by atoms with E-state index in [0.29, 0.717) is 0 Å². The Morgan fingerprint density at radius 2 is 2.00 bits per heavy atom. The number of hydrogen-bond acceptors (Lipinski definition) is 1. The number of amides is 1. The molecule has 2 nitrogen and oxygen atoms in total. The van der Waals surface area contributed by atoms with Crippen molar-refractivity contribution in [1.29, 1.82) is 0 Å². The van der Waals surface area contributed by atoms with Crippen molar-refractivity contribution >= 4 is 34.8 Å². The first-order valence-electron chi connectivity index (χ1n) is 5.10. The zero-order valence-corrected chi connectivity index (χ0v) is 10.5. The molecule has 0 bridgehead atoms. The van der Waals surface area contributed by atoms with Gasteiger partial charge in [-0.05, 0) is 18.2 Å². The minimum atomic E-state index is -4.45. The molecule has 1 aliphatic heterocycles. The van der Waals surface area contributed by atoms with Crippen LogP contribution in [0.15, 0.2) is 18.2 Å². The first kappa shape index (κ1) is 13.5. The summed E-state index contributed by atoms with van der Waals surface area (Å²) in [5.74, 6) is -0.239. The van der Waals surface area contributed by atoms with Crippen LogP contribution in [0.2, 0.25) is 5.02 Å². The van der Waals surface area contributed by atoms with Crippen molar-refractivity contribution in [2.24, 2.45) is 0 Å². The molecule has 18 heavy (non-hydrogen) atoms. The Bertz CT molecular complexity index is 490. The van der Waals surface area contributed by atoms with Gasteiger partial charge in [0.2, 0.25) is 5.91 Å². The van der Waals surface area contributed by atoms with Gasteiger partial charge in [0, 0.05) is 13.0 Å². The molecule has 0 N–H and O–H groups in total. The highest BCUT2D eigenvalue weighted by Crippen LogP contribution is 2.36. The summed E-state index contributed by atoms with van der Waals surface area (Å²) in [7, 11) is 0. The molecule has 98 valence electrons. The van der Waals surface area contributed by atoms with Gasteiger partial charge in [-0.2, -0.15) is 13.2 Å². The molecule has 0 aromatic heterocycles. The van der Waals surface area contributed by atoms with E-state index in [4.69, 9.17) is 23.2 Å². The molecular formula is C11H8Cl2F3NO. The van der Waals surface area contributed by atoms with E-state index >= 15 is 0 Å². The summed E-state index contributed by atoms with van der Waals surface area (Å²) in [5, 5.41) is -0.445. The lowest BCUT2D eigenvalue weighted by molar-refractivity contribution is -0.137. The normalized spacial score (nSPS) is 20.6. The average Bonchev–Trinajstić information content (AvgIpc) is 2.56. The van der Waals surface area contributed by atoms with Crippen molar-refractivity contribution in [2.75, 3.05) is 11.4 Å². The molecule has 0 aliphatic carbocycles. The van der Waals surface area contributed by atoms with Crippen LogP contribution in [-0.4, -0.2) is 17.8 Å². The lowest BCUT2D eigenvalue weighted by Crippen LogP contribution is -2.25. The van der Waals surface area contributed by atoms with Crippen LogP contribution in [0.5, 0.6) is 0 Å². The maximum absolute atomic E-state index is 12.5. The fraction of sp³-hybridized carbons (Fsp3) is 0.364. The molecule has 1 amide bonds. The predicted molar refractivity (Wildman–Crippen MR) is 63.1 cm³/mol. The van der Waals surface area contributed by atoms with Crippen LogP contribution >= 0.6 is 23.2 Å². The summed E-state index contributed by atoms with van der Waals surface area (Å²) in [6.07, 6.45) is -4.29. The lowest BCUT2D eigenvalue weighted by atomic mass is 10.2. The maximum Gasteiger partial charge on any atom is 0.416 e. The monoisotopic (exact) mass is 297 g/mol. The second-order valence-corrected chi connectivity index (χ2v) is 4.99. The fourth-order valence-corrected chi connectivity index (χ4v) is 2.35. The average molecular weight is 298 g/mol. The van der Waals surface area contributed by atoms with Crippen LogP contribution in [-0.2, 0) is 11.0 Å². The minimum Gasteiger partial charge on any atom is -0.309 e. The zero-order chi connectivity index (χ0) is 13.5. The number of carbonyl (C=O) groups is 1. The summed E-state index contributed by atoms with van der Waals surface area (Å²) in [6, 6.07) is 2.90. The molecular weight excluding hydrogens is 290 g/mol. The number of alkyl halides is 4. The van der Waals surface area contributed by atoms with E-state index < -0.39 is 11.7 Å². The van der Waals surface area contributed by atoms with Gasteiger partial charge < -0.3 is 4.90 Å². The molecule has 0 spiro atoms. The first-order valence-corrected chi connectivity index (χ1v) is 5.91. The Hall–Kier alpha value is -0.940. The smallest absolute Gasteiger partial charge is 0.309 e. The van der Waals surface area contributed by atoms with Gasteiger partial charge >= 0.3 is 6.18 Å². The van der Waals surface area contributed by atoms with Gasteiger partial charge in [-0.1, -0.05) is 11.6 Å². The molecule has 1 atom stereocenters. The predicted octanol–water partition coefficient (Wildman–Crippen LogP) is 3.70. The van der Waals surface area contributed by atoms with Gasteiger partial charge in [0.25, 0.3) is 0 Å². The van der Waals surface area contributed by atoms with Crippen LogP contribution in [0.4, 0.5) is 18.9 Å². The number of benzene rings is 1. The molecule has 0 radical (unpaired) electrons. The quantitative estimate of drug-likeness (QED) is 0.724. The third-order valence-electron chi connectivity index (χ3n) is 2.64. The highest BCUT2D eigenvalue weighted by Gasteiger charge is 2.34. The van der Waals surface area contributed by atoms with Gasteiger partial charge in [0.05, 0.1) is 21.7 Å². The first-order chi connectivity index (χ1) is 8.29. The molecule has 1 aliphatic rings. The van der Waals surface area contributed by atoms with Crippen LogP contribution in [0.1, 0.15) is 12.0 Å². The van der Waals surface area contributed by atoms with E-state index in [1.165, 1.54) is 11.0 Å². The second kappa shape index (κ2) is 4.63. The summed E-state index contributed by atoms with van der Waals surface area (Å²) < 4.78 is 37.4. The zero-order valence-electron chi connectivity index (χ0n) is 8.97. The lowest BCUT2D eigenvalue weighted by Gasteiger charge is -2.18. The van der Waals surface area contributed by atoms with Crippen molar-refractivity contribution < 1.29 is 18.0 Å². The van der Waals surface area contributed by atoms with Crippen molar-refractivity contribution in [3.63, 3.8) is 0 Å². The summed E-state index contributed by atoms with van der Waals surface area (Å²) >= 11 is 11.6. The Balaban J connectivity index is 2.34. The largest absolute Gasteiger partial charge is 0.416 e. The number of hydrogen-bond donors (Lipinski definition) is 0. The van der Waals surface area contributed by atoms with Crippen LogP contribution in [0, 0.1) is 0 Å². The molecule has 1 saturated heterocycles.